The third-order valence-electron chi connectivity index (χ3n) is 5.63. The Morgan fingerprint density at radius 3 is 2.69 bits per heavy atom. The van der Waals surface area contributed by atoms with Crippen LogP contribution in [0.3, 0.4) is 0 Å². The van der Waals surface area contributed by atoms with Crippen molar-refractivity contribution in [3.63, 3.8) is 0 Å². The number of benzene rings is 1. The van der Waals surface area contributed by atoms with Gasteiger partial charge in [-0.05, 0) is 30.9 Å². The Labute approximate surface area is 183 Å². The van der Waals surface area contributed by atoms with Gasteiger partial charge >= 0.3 is 0 Å². The summed E-state index contributed by atoms with van der Waals surface area (Å²) in [6.45, 7) is 0.598. The van der Waals surface area contributed by atoms with Crippen LogP contribution >= 0.6 is 0 Å². The summed E-state index contributed by atoms with van der Waals surface area (Å²) in [6, 6.07) is 9.87. The van der Waals surface area contributed by atoms with Crippen LogP contribution in [0.5, 0.6) is 5.88 Å². The maximum Gasteiger partial charge on any atom is 0.254 e. The summed E-state index contributed by atoms with van der Waals surface area (Å²) >= 11 is 0. The molecule has 5 rings (SSSR count). The molecule has 4 aromatic rings. The number of hydrogen-bond acceptors (Lipinski definition) is 6. The van der Waals surface area contributed by atoms with Crippen molar-refractivity contribution >= 4 is 0 Å². The van der Waals surface area contributed by atoms with Crippen molar-refractivity contribution in [1.82, 2.24) is 24.9 Å². The quantitative estimate of drug-likeness (QED) is 0.410. The maximum atomic E-state index is 14.3. The van der Waals surface area contributed by atoms with Gasteiger partial charge in [0.2, 0.25) is 5.82 Å². The van der Waals surface area contributed by atoms with E-state index in [2.05, 4.69) is 20.2 Å². The van der Waals surface area contributed by atoms with Gasteiger partial charge in [0.15, 0.2) is 5.82 Å². The molecule has 1 aliphatic carbocycles. The summed E-state index contributed by atoms with van der Waals surface area (Å²) in [5.74, 6) is -0.407. The molecule has 0 bridgehead atoms. The normalized spacial score (nSPS) is 14.2. The number of ether oxygens (including phenoxy) is 1. The zero-order valence-corrected chi connectivity index (χ0v) is 17.2. The first kappa shape index (κ1) is 20.3. The fourth-order valence-corrected chi connectivity index (χ4v) is 3.94. The van der Waals surface area contributed by atoms with Gasteiger partial charge in [0.05, 0.1) is 25.0 Å². The molecule has 0 saturated heterocycles. The lowest BCUT2D eigenvalue weighted by Gasteiger charge is -2.11. The Morgan fingerprint density at radius 2 is 1.91 bits per heavy atom. The van der Waals surface area contributed by atoms with Crippen LogP contribution in [0.1, 0.15) is 31.2 Å². The van der Waals surface area contributed by atoms with E-state index < -0.39 is 5.82 Å². The van der Waals surface area contributed by atoms with Crippen molar-refractivity contribution in [3.8, 4) is 28.8 Å². The summed E-state index contributed by atoms with van der Waals surface area (Å²) in [4.78, 5) is 8.35. The van der Waals surface area contributed by atoms with Crippen LogP contribution in [0.15, 0.2) is 53.4 Å². The fourth-order valence-electron chi connectivity index (χ4n) is 3.94. The molecule has 9 heteroatoms. The van der Waals surface area contributed by atoms with Gasteiger partial charge in [-0.1, -0.05) is 36.2 Å². The lowest BCUT2D eigenvalue weighted by atomic mass is 10.1. The summed E-state index contributed by atoms with van der Waals surface area (Å²) in [6.07, 6.45) is 7.05. The first-order chi connectivity index (χ1) is 15.7. The van der Waals surface area contributed by atoms with Crippen LogP contribution < -0.4 is 4.74 Å². The second kappa shape index (κ2) is 8.86. The van der Waals surface area contributed by atoms with Crippen LogP contribution in [-0.2, 0) is 6.54 Å². The number of halogens is 2. The highest BCUT2D eigenvalue weighted by atomic mass is 19.1. The van der Waals surface area contributed by atoms with Gasteiger partial charge in [0.1, 0.15) is 23.5 Å². The fraction of sp³-hybridized carbons (Fsp3) is 0.304. The van der Waals surface area contributed by atoms with Crippen LogP contribution in [0.4, 0.5) is 8.78 Å². The molecule has 0 unspecified atom stereocenters. The molecule has 0 atom stereocenters. The van der Waals surface area contributed by atoms with Crippen molar-refractivity contribution in [2.75, 3.05) is 6.61 Å². The summed E-state index contributed by atoms with van der Waals surface area (Å²) in [7, 11) is 0. The van der Waals surface area contributed by atoms with E-state index in [0.29, 0.717) is 35.2 Å². The SMILES string of the molecule is Fc1ccccc1Cn1nc(-c2ncc(F)c(OCC3CCCC3)n2)cc1-c1ccon1. The predicted octanol–water partition coefficient (Wildman–Crippen LogP) is 4.89. The van der Waals surface area contributed by atoms with E-state index in [9.17, 15) is 8.78 Å². The van der Waals surface area contributed by atoms with E-state index in [0.717, 1.165) is 19.0 Å². The van der Waals surface area contributed by atoms with Crippen molar-refractivity contribution in [2.45, 2.75) is 32.2 Å². The van der Waals surface area contributed by atoms with Crippen molar-refractivity contribution in [1.29, 1.82) is 0 Å². The Bertz CT molecular complexity index is 1200. The van der Waals surface area contributed by atoms with Gasteiger partial charge < -0.3 is 9.26 Å². The first-order valence-corrected chi connectivity index (χ1v) is 10.5. The minimum atomic E-state index is -0.616. The standard InChI is InChI=1S/C23H21F2N5O2/c24-17-8-4-3-7-16(17)13-30-21(19-9-10-32-29-19)11-20(28-30)22-26-12-18(25)23(27-22)31-14-15-5-1-2-6-15/h3-4,7-12,15H,1-2,5-6,13-14H2. The molecular weight excluding hydrogens is 416 g/mol. The lowest BCUT2D eigenvalue weighted by Crippen LogP contribution is -2.10. The smallest absolute Gasteiger partial charge is 0.254 e. The minimum Gasteiger partial charge on any atom is -0.475 e. The number of aromatic nitrogens is 5. The predicted molar refractivity (Wildman–Crippen MR) is 112 cm³/mol. The molecule has 7 nitrogen and oxygen atoms in total. The topological polar surface area (TPSA) is 78.9 Å². The van der Waals surface area contributed by atoms with Crippen LogP contribution in [0, 0.1) is 17.6 Å². The molecule has 3 heterocycles. The molecule has 0 radical (unpaired) electrons. The molecule has 3 aromatic heterocycles. The average molecular weight is 437 g/mol. The van der Waals surface area contributed by atoms with Gasteiger partial charge in [0.25, 0.3) is 5.88 Å². The molecule has 1 fully saturated rings. The highest BCUT2D eigenvalue weighted by Gasteiger charge is 2.20. The lowest BCUT2D eigenvalue weighted by molar-refractivity contribution is 0.232. The van der Waals surface area contributed by atoms with E-state index in [1.165, 1.54) is 25.2 Å². The van der Waals surface area contributed by atoms with Gasteiger partial charge in [-0.15, -0.1) is 0 Å². The van der Waals surface area contributed by atoms with Gasteiger partial charge in [-0.25, -0.2) is 9.37 Å². The molecule has 0 aliphatic heterocycles. The second-order valence-electron chi connectivity index (χ2n) is 7.86. The largest absolute Gasteiger partial charge is 0.475 e. The summed E-state index contributed by atoms with van der Waals surface area (Å²) in [5, 5.41) is 8.51. The van der Waals surface area contributed by atoms with Crippen molar-refractivity contribution < 1.29 is 18.0 Å². The maximum absolute atomic E-state index is 14.3. The Balaban J connectivity index is 1.47. The zero-order valence-electron chi connectivity index (χ0n) is 17.2. The molecule has 32 heavy (non-hydrogen) atoms. The van der Waals surface area contributed by atoms with Gasteiger partial charge in [-0.2, -0.15) is 14.5 Å². The highest BCUT2D eigenvalue weighted by Crippen LogP contribution is 2.28. The van der Waals surface area contributed by atoms with Gasteiger partial charge in [0, 0.05) is 11.6 Å². The number of rotatable bonds is 7. The third kappa shape index (κ3) is 4.23. The van der Waals surface area contributed by atoms with Crippen molar-refractivity contribution in [3.05, 3.63) is 66.1 Å². The molecule has 0 N–H and O–H groups in total. The number of hydrogen-bond donors (Lipinski definition) is 0. The van der Waals surface area contributed by atoms with Crippen LogP contribution in [0.25, 0.3) is 22.9 Å². The molecule has 0 amide bonds. The average Bonchev–Trinajstić information content (AvgIpc) is 3.57. The summed E-state index contributed by atoms with van der Waals surface area (Å²) in [5.41, 5.74) is 1.98. The monoisotopic (exact) mass is 437 g/mol. The second-order valence-corrected chi connectivity index (χ2v) is 7.86. The molecular formula is C23H21F2N5O2. The van der Waals surface area contributed by atoms with E-state index in [-0.39, 0.29) is 24.1 Å². The van der Waals surface area contributed by atoms with Crippen molar-refractivity contribution in [2.24, 2.45) is 5.92 Å². The van der Waals surface area contributed by atoms with E-state index in [4.69, 9.17) is 9.26 Å². The van der Waals surface area contributed by atoms with E-state index in [1.54, 1.807) is 35.0 Å². The van der Waals surface area contributed by atoms with Crippen LogP contribution in [-0.4, -0.2) is 31.5 Å². The molecule has 164 valence electrons. The zero-order chi connectivity index (χ0) is 21.9. The number of nitrogens with zero attached hydrogens (tertiary/aromatic N) is 5. The third-order valence-corrected chi connectivity index (χ3v) is 5.63. The van der Waals surface area contributed by atoms with E-state index in [1.807, 2.05) is 0 Å². The van der Waals surface area contributed by atoms with Gasteiger partial charge in [-0.3, -0.25) is 4.68 Å². The Morgan fingerprint density at radius 1 is 1.06 bits per heavy atom. The minimum absolute atomic E-state index is 0.0893. The molecule has 1 aliphatic rings. The van der Waals surface area contributed by atoms with E-state index >= 15 is 0 Å². The molecule has 1 saturated carbocycles. The Kier molecular flexibility index (Phi) is 5.62. The molecule has 1 aromatic carbocycles. The highest BCUT2D eigenvalue weighted by molar-refractivity contribution is 5.62. The molecule has 0 spiro atoms. The first-order valence-electron chi connectivity index (χ1n) is 10.5. The Hall–Kier alpha value is -3.62. The summed E-state index contributed by atoms with van der Waals surface area (Å²) < 4.78 is 40.7. The van der Waals surface area contributed by atoms with Crippen LogP contribution in [0.2, 0.25) is 0 Å².